The molecule has 1 unspecified atom stereocenters. The van der Waals surface area contributed by atoms with Crippen LogP contribution in [0.15, 0.2) is 83.4 Å². The van der Waals surface area contributed by atoms with Crippen LogP contribution in [0.3, 0.4) is 0 Å². The summed E-state index contributed by atoms with van der Waals surface area (Å²) >= 11 is 8.91. The molecule has 48 heavy (non-hydrogen) atoms. The molecule has 1 aromatic heterocycles. The van der Waals surface area contributed by atoms with Gasteiger partial charge in [0.25, 0.3) is 11.8 Å². The number of thiophene rings is 1. The molecule has 0 fully saturated rings. The van der Waals surface area contributed by atoms with E-state index in [0.29, 0.717) is 26.7 Å². The standard InChI is InChI=1S/C36H33ClFN3O5S2/c1-3-46-36(45)31-25-15-7-8-18-30(25)48-35(31)41-32(42)21(2)47-24-14-9-13-23(19-24)39-34(44)29(20-26-27(37)16-10-17-28(26)38)40-33(43)22-11-5-4-6-12-22/h4-6,9-14,16-17,19-21H,3,7-8,15,18H2,1-2H3,(H,39,44)(H,40,43)(H,41,42)/b29-20+. The number of rotatable bonds is 11. The molecule has 0 saturated heterocycles. The number of hydrogen-bond donors (Lipinski definition) is 3. The zero-order valence-corrected chi connectivity index (χ0v) is 28.6. The van der Waals surface area contributed by atoms with Crippen molar-refractivity contribution in [2.24, 2.45) is 0 Å². The zero-order chi connectivity index (χ0) is 34.2. The lowest BCUT2D eigenvalue weighted by atomic mass is 9.95. The van der Waals surface area contributed by atoms with E-state index >= 15 is 0 Å². The number of carbonyl (C=O) groups is 4. The Morgan fingerprint density at radius 2 is 1.75 bits per heavy atom. The van der Waals surface area contributed by atoms with Crippen LogP contribution < -0.4 is 16.0 Å². The lowest BCUT2D eigenvalue weighted by molar-refractivity contribution is -0.115. The number of thioether (sulfide) groups is 1. The molecule has 1 aliphatic carbocycles. The van der Waals surface area contributed by atoms with Gasteiger partial charge in [0.15, 0.2) is 0 Å². The molecular weight excluding hydrogens is 673 g/mol. The largest absolute Gasteiger partial charge is 0.462 e. The molecule has 1 aliphatic rings. The van der Waals surface area contributed by atoms with Gasteiger partial charge < -0.3 is 20.7 Å². The van der Waals surface area contributed by atoms with Crippen LogP contribution in [0.5, 0.6) is 0 Å². The van der Waals surface area contributed by atoms with Gasteiger partial charge in [0.1, 0.15) is 16.5 Å². The smallest absolute Gasteiger partial charge is 0.341 e. The molecule has 3 aromatic carbocycles. The molecule has 12 heteroatoms. The normalized spacial score (nSPS) is 13.2. The Balaban J connectivity index is 1.31. The van der Waals surface area contributed by atoms with Crippen LogP contribution in [-0.2, 0) is 27.2 Å². The van der Waals surface area contributed by atoms with Gasteiger partial charge in [-0.3, -0.25) is 14.4 Å². The van der Waals surface area contributed by atoms with Crippen molar-refractivity contribution in [3.05, 3.63) is 116 Å². The van der Waals surface area contributed by atoms with Gasteiger partial charge in [-0.2, -0.15) is 0 Å². The van der Waals surface area contributed by atoms with E-state index in [2.05, 4.69) is 16.0 Å². The predicted octanol–water partition coefficient (Wildman–Crippen LogP) is 8.13. The third-order valence-corrected chi connectivity index (χ3v) is 10.1. The minimum atomic E-state index is -0.709. The monoisotopic (exact) mass is 705 g/mol. The summed E-state index contributed by atoms with van der Waals surface area (Å²) in [6.45, 7) is 3.74. The summed E-state index contributed by atoms with van der Waals surface area (Å²) in [7, 11) is 0. The summed E-state index contributed by atoms with van der Waals surface area (Å²) in [4.78, 5) is 54.4. The van der Waals surface area contributed by atoms with E-state index in [9.17, 15) is 23.6 Å². The Hall–Kier alpha value is -4.45. The Kier molecular flexibility index (Phi) is 11.7. The quantitative estimate of drug-likeness (QED) is 0.0825. The number of amides is 3. The minimum Gasteiger partial charge on any atom is -0.462 e. The summed E-state index contributed by atoms with van der Waals surface area (Å²) < 4.78 is 20.0. The van der Waals surface area contributed by atoms with Crippen molar-refractivity contribution in [3.8, 4) is 0 Å². The molecule has 3 N–H and O–H groups in total. The Morgan fingerprint density at radius 1 is 1.00 bits per heavy atom. The second kappa shape index (κ2) is 16.1. The lowest BCUT2D eigenvalue weighted by Gasteiger charge is -2.15. The van der Waals surface area contributed by atoms with Crippen LogP contribution in [0.1, 0.15) is 63.4 Å². The topological polar surface area (TPSA) is 114 Å². The fourth-order valence-electron chi connectivity index (χ4n) is 5.13. The maximum absolute atomic E-state index is 14.7. The van der Waals surface area contributed by atoms with Crippen molar-refractivity contribution in [3.63, 3.8) is 0 Å². The molecule has 0 aliphatic heterocycles. The second-order valence-corrected chi connectivity index (χ2v) is 13.8. The minimum absolute atomic E-state index is 0.0560. The fourth-order valence-corrected chi connectivity index (χ4v) is 7.55. The number of halogens is 2. The van der Waals surface area contributed by atoms with E-state index in [0.717, 1.165) is 36.1 Å². The summed E-state index contributed by atoms with van der Waals surface area (Å²) in [5.74, 6) is -2.65. The average Bonchev–Trinajstić information content (AvgIpc) is 3.44. The Morgan fingerprint density at radius 3 is 2.50 bits per heavy atom. The summed E-state index contributed by atoms with van der Waals surface area (Å²) in [6, 6.07) is 19.3. The van der Waals surface area contributed by atoms with Gasteiger partial charge >= 0.3 is 5.97 Å². The van der Waals surface area contributed by atoms with E-state index in [4.69, 9.17) is 16.3 Å². The van der Waals surface area contributed by atoms with Gasteiger partial charge in [0, 0.05) is 26.6 Å². The molecule has 0 radical (unpaired) electrons. The van der Waals surface area contributed by atoms with Crippen molar-refractivity contribution >= 4 is 75.2 Å². The third kappa shape index (κ3) is 8.52. The molecule has 0 saturated carbocycles. The highest BCUT2D eigenvalue weighted by molar-refractivity contribution is 8.00. The summed E-state index contributed by atoms with van der Waals surface area (Å²) in [6.07, 6.45) is 4.85. The van der Waals surface area contributed by atoms with E-state index < -0.39 is 28.9 Å². The number of hydrogen-bond acceptors (Lipinski definition) is 7. The number of carbonyl (C=O) groups excluding carboxylic acids is 4. The molecule has 1 heterocycles. The van der Waals surface area contributed by atoms with Gasteiger partial charge in [-0.25, -0.2) is 9.18 Å². The second-order valence-electron chi connectivity index (χ2n) is 10.9. The van der Waals surface area contributed by atoms with E-state index in [1.165, 1.54) is 47.4 Å². The first-order valence-electron chi connectivity index (χ1n) is 15.4. The lowest BCUT2D eigenvalue weighted by Crippen LogP contribution is -2.30. The van der Waals surface area contributed by atoms with Crippen molar-refractivity contribution in [2.75, 3.05) is 17.2 Å². The number of benzene rings is 3. The van der Waals surface area contributed by atoms with E-state index in [1.54, 1.807) is 68.4 Å². The first-order valence-corrected chi connectivity index (χ1v) is 17.4. The first kappa shape index (κ1) is 34.9. The van der Waals surface area contributed by atoms with Crippen molar-refractivity contribution in [2.45, 2.75) is 49.7 Å². The maximum atomic E-state index is 14.7. The molecule has 3 amide bonds. The molecule has 248 valence electrons. The van der Waals surface area contributed by atoms with Crippen LogP contribution in [0.2, 0.25) is 5.02 Å². The third-order valence-electron chi connectivity index (χ3n) is 7.48. The first-order chi connectivity index (χ1) is 23.1. The van der Waals surface area contributed by atoms with Crippen LogP contribution in [0.4, 0.5) is 15.1 Å². The van der Waals surface area contributed by atoms with Gasteiger partial charge in [0.2, 0.25) is 5.91 Å². The molecule has 1 atom stereocenters. The molecule has 8 nitrogen and oxygen atoms in total. The maximum Gasteiger partial charge on any atom is 0.341 e. The molecular formula is C36H33ClFN3O5S2. The van der Waals surface area contributed by atoms with Crippen molar-refractivity contribution in [1.29, 1.82) is 0 Å². The average molecular weight is 706 g/mol. The van der Waals surface area contributed by atoms with Gasteiger partial charge in [0.05, 0.1) is 22.4 Å². The summed E-state index contributed by atoms with van der Waals surface area (Å²) in [5.41, 5.74) is 1.82. The molecule has 5 rings (SSSR count). The predicted molar refractivity (Wildman–Crippen MR) is 189 cm³/mol. The van der Waals surface area contributed by atoms with Gasteiger partial charge in [-0.05, 0) is 93.6 Å². The highest BCUT2D eigenvalue weighted by Gasteiger charge is 2.28. The van der Waals surface area contributed by atoms with Gasteiger partial charge in [-0.1, -0.05) is 41.9 Å². The van der Waals surface area contributed by atoms with Crippen LogP contribution in [0.25, 0.3) is 6.08 Å². The molecule has 0 bridgehead atoms. The van der Waals surface area contributed by atoms with Crippen molar-refractivity contribution in [1.82, 2.24) is 5.32 Å². The SMILES string of the molecule is CCOC(=O)c1c(NC(=O)C(C)Sc2cccc(NC(=O)/C(=C\c3c(F)cccc3Cl)NC(=O)c3ccccc3)c2)sc2c1CCCC2. The highest BCUT2D eigenvalue weighted by atomic mass is 35.5. The summed E-state index contributed by atoms with van der Waals surface area (Å²) in [5, 5.41) is 8.29. The van der Waals surface area contributed by atoms with Crippen LogP contribution in [0, 0.1) is 5.82 Å². The number of anilines is 2. The number of aryl methyl sites for hydroxylation is 1. The Bertz CT molecular complexity index is 1860. The van der Waals surface area contributed by atoms with Gasteiger partial charge in [-0.15, -0.1) is 23.1 Å². The van der Waals surface area contributed by atoms with Crippen LogP contribution >= 0.6 is 34.7 Å². The fraction of sp³-hybridized carbons (Fsp3) is 0.222. The highest BCUT2D eigenvalue weighted by Crippen LogP contribution is 2.39. The number of nitrogens with one attached hydrogen (secondary N) is 3. The number of ether oxygens (including phenoxy) is 1. The van der Waals surface area contributed by atoms with E-state index in [1.807, 2.05) is 0 Å². The van der Waals surface area contributed by atoms with Crippen molar-refractivity contribution < 1.29 is 28.3 Å². The van der Waals surface area contributed by atoms with Crippen LogP contribution in [-0.4, -0.2) is 35.5 Å². The zero-order valence-electron chi connectivity index (χ0n) is 26.2. The number of fused-ring (bicyclic) bond motifs is 1. The molecule has 4 aromatic rings. The molecule has 0 spiro atoms. The Labute approximate surface area is 291 Å². The number of esters is 1. The van der Waals surface area contributed by atoms with E-state index in [-0.39, 0.29) is 28.8 Å².